The van der Waals surface area contributed by atoms with Gasteiger partial charge in [-0.05, 0) is 48.7 Å². The van der Waals surface area contributed by atoms with Crippen molar-refractivity contribution in [3.63, 3.8) is 0 Å². The van der Waals surface area contributed by atoms with E-state index < -0.39 is 0 Å². The van der Waals surface area contributed by atoms with E-state index in [0.29, 0.717) is 12.1 Å². The zero-order chi connectivity index (χ0) is 18.0. The summed E-state index contributed by atoms with van der Waals surface area (Å²) < 4.78 is 0. The van der Waals surface area contributed by atoms with E-state index in [2.05, 4.69) is 11.4 Å². The Morgan fingerprint density at radius 2 is 1.76 bits per heavy atom. The van der Waals surface area contributed by atoms with E-state index in [1.54, 1.807) is 0 Å². The highest BCUT2D eigenvalue weighted by Gasteiger charge is 2.22. The standard InChI is InChI=1S/C21H24N2O2/c1-14(2)21(25)23-11-10-16-8-9-19(12-18(16)13-23)22-20(24)17-6-4-15(3)5-7-17/h4-9,12,14H,10-11,13H2,1-3H3,(H,22,24). The first-order valence-corrected chi connectivity index (χ1v) is 8.72. The van der Waals surface area contributed by atoms with Crippen LogP contribution in [0.15, 0.2) is 42.5 Å². The zero-order valence-corrected chi connectivity index (χ0v) is 15.0. The maximum absolute atomic E-state index is 12.4. The fourth-order valence-corrected chi connectivity index (χ4v) is 3.10. The summed E-state index contributed by atoms with van der Waals surface area (Å²) in [6.45, 7) is 7.22. The summed E-state index contributed by atoms with van der Waals surface area (Å²) in [5, 5.41) is 2.95. The Morgan fingerprint density at radius 1 is 1.04 bits per heavy atom. The molecule has 0 spiro atoms. The van der Waals surface area contributed by atoms with Crippen LogP contribution in [0.2, 0.25) is 0 Å². The van der Waals surface area contributed by atoms with Crippen molar-refractivity contribution < 1.29 is 9.59 Å². The number of nitrogens with zero attached hydrogens (tertiary/aromatic N) is 1. The fraction of sp³-hybridized carbons (Fsp3) is 0.333. The zero-order valence-electron chi connectivity index (χ0n) is 15.0. The van der Waals surface area contributed by atoms with Gasteiger partial charge in [0.15, 0.2) is 0 Å². The Balaban J connectivity index is 1.75. The van der Waals surface area contributed by atoms with Gasteiger partial charge >= 0.3 is 0 Å². The Bertz CT molecular complexity index is 794. The van der Waals surface area contributed by atoms with E-state index in [1.807, 2.05) is 62.1 Å². The van der Waals surface area contributed by atoms with Crippen LogP contribution in [-0.2, 0) is 17.8 Å². The Labute approximate surface area is 148 Å². The van der Waals surface area contributed by atoms with Crippen LogP contribution < -0.4 is 5.32 Å². The lowest BCUT2D eigenvalue weighted by atomic mass is 9.98. The molecule has 4 nitrogen and oxygen atoms in total. The first kappa shape index (κ1) is 17.2. The smallest absolute Gasteiger partial charge is 0.255 e. The van der Waals surface area contributed by atoms with Gasteiger partial charge in [-0.25, -0.2) is 0 Å². The van der Waals surface area contributed by atoms with Gasteiger partial charge < -0.3 is 10.2 Å². The van der Waals surface area contributed by atoms with Crippen molar-refractivity contribution in [2.75, 3.05) is 11.9 Å². The molecule has 1 aliphatic heterocycles. The number of carbonyl (C=O) groups excluding carboxylic acids is 2. The molecule has 0 fully saturated rings. The summed E-state index contributed by atoms with van der Waals surface area (Å²) >= 11 is 0. The lowest BCUT2D eigenvalue weighted by Crippen LogP contribution is -2.38. The first-order chi connectivity index (χ1) is 11.9. The molecule has 0 aromatic heterocycles. The molecule has 0 bridgehead atoms. The number of benzene rings is 2. The molecule has 1 aliphatic rings. The van der Waals surface area contributed by atoms with Crippen molar-refractivity contribution in [3.05, 3.63) is 64.7 Å². The summed E-state index contributed by atoms with van der Waals surface area (Å²) in [5.41, 5.74) is 4.89. The number of anilines is 1. The molecule has 1 heterocycles. The quantitative estimate of drug-likeness (QED) is 0.927. The van der Waals surface area contributed by atoms with E-state index in [-0.39, 0.29) is 17.7 Å². The number of carbonyl (C=O) groups is 2. The number of fused-ring (bicyclic) bond motifs is 1. The predicted molar refractivity (Wildman–Crippen MR) is 99.5 cm³/mol. The van der Waals surface area contributed by atoms with Gasteiger partial charge in [0, 0.05) is 30.3 Å². The average Bonchev–Trinajstić information content (AvgIpc) is 2.60. The Morgan fingerprint density at radius 3 is 2.44 bits per heavy atom. The monoisotopic (exact) mass is 336 g/mol. The Hall–Kier alpha value is -2.62. The Kier molecular flexibility index (Phi) is 4.88. The van der Waals surface area contributed by atoms with E-state index in [1.165, 1.54) is 5.56 Å². The van der Waals surface area contributed by atoms with Gasteiger partial charge in [-0.3, -0.25) is 9.59 Å². The molecule has 130 valence electrons. The summed E-state index contributed by atoms with van der Waals surface area (Å²) in [4.78, 5) is 26.5. The van der Waals surface area contributed by atoms with Crippen molar-refractivity contribution in [1.29, 1.82) is 0 Å². The number of amides is 2. The molecule has 0 saturated carbocycles. The van der Waals surface area contributed by atoms with E-state index in [4.69, 9.17) is 0 Å². The summed E-state index contributed by atoms with van der Waals surface area (Å²) in [6, 6.07) is 13.5. The molecule has 0 saturated heterocycles. The lowest BCUT2D eigenvalue weighted by Gasteiger charge is -2.30. The van der Waals surface area contributed by atoms with Gasteiger partial charge in [0.1, 0.15) is 0 Å². The maximum atomic E-state index is 12.4. The van der Waals surface area contributed by atoms with Crippen LogP contribution in [0.25, 0.3) is 0 Å². The van der Waals surface area contributed by atoms with Crippen molar-refractivity contribution in [2.45, 2.75) is 33.7 Å². The second kappa shape index (κ2) is 7.09. The third-order valence-corrected chi connectivity index (χ3v) is 4.60. The van der Waals surface area contributed by atoms with Crippen LogP contribution in [0.1, 0.15) is 40.9 Å². The van der Waals surface area contributed by atoms with Crippen LogP contribution in [0.3, 0.4) is 0 Å². The SMILES string of the molecule is Cc1ccc(C(=O)Nc2ccc3c(c2)CN(C(=O)C(C)C)CC3)cc1. The van der Waals surface area contributed by atoms with Crippen molar-refractivity contribution in [1.82, 2.24) is 4.90 Å². The highest BCUT2D eigenvalue weighted by molar-refractivity contribution is 6.04. The normalized spacial score (nSPS) is 13.5. The fourth-order valence-electron chi connectivity index (χ4n) is 3.10. The highest BCUT2D eigenvalue weighted by Crippen LogP contribution is 2.24. The number of hydrogen-bond donors (Lipinski definition) is 1. The van der Waals surface area contributed by atoms with Crippen molar-refractivity contribution in [2.24, 2.45) is 5.92 Å². The van der Waals surface area contributed by atoms with Gasteiger partial charge in [-0.2, -0.15) is 0 Å². The van der Waals surface area contributed by atoms with Gasteiger partial charge in [-0.15, -0.1) is 0 Å². The molecule has 0 atom stereocenters. The number of aryl methyl sites for hydroxylation is 1. The molecule has 1 N–H and O–H groups in total. The van der Waals surface area contributed by atoms with Crippen LogP contribution in [0, 0.1) is 12.8 Å². The molecule has 4 heteroatoms. The molecule has 0 radical (unpaired) electrons. The third kappa shape index (κ3) is 3.90. The van der Waals surface area contributed by atoms with Crippen LogP contribution in [0.5, 0.6) is 0 Å². The largest absolute Gasteiger partial charge is 0.338 e. The minimum atomic E-state index is -0.120. The molecule has 3 rings (SSSR count). The van der Waals surface area contributed by atoms with Gasteiger partial charge in [0.25, 0.3) is 5.91 Å². The number of nitrogens with one attached hydrogen (secondary N) is 1. The van der Waals surface area contributed by atoms with Crippen LogP contribution in [-0.4, -0.2) is 23.3 Å². The van der Waals surface area contributed by atoms with Crippen LogP contribution in [0.4, 0.5) is 5.69 Å². The second-order valence-corrected chi connectivity index (χ2v) is 6.97. The van der Waals surface area contributed by atoms with E-state index in [9.17, 15) is 9.59 Å². The molecule has 2 amide bonds. The first-order valence-electron chi connectivity index (χ1n) is 8.72. The van der Waals surface area contributed by atoms with Crippen molar-refractivity contribution >= 4 is 17.5 Å². The summed E-state index contributed by atoms with van der Waals surface area (Å²) in [6.07, 6.45) is 0.861. The van der Waals surface area contributed by atoms with E-state index in [0.717, 1.165) is 29.8 Å². The minimum absolute atomic E-state index is 0.00553. The van der Waals surface area contributed by atoms with Crippen molar-refractivity contribution in [3.8, 4) is 0 Å². The lowest BCUT2D eigenvalue weighted by molar-refractivity contribution is -0.135. The molecule has 2 aromatic carbocycles. The summed E-state index contributed by atoms with van der Waals surface area (Å²) in [5.74, 6) is 0.0663. The second-order valence-electron chi connectivity index (χ2n) is 6.97. The molecule has 25 heavy (non-hydrogen) atoms. The maximum Gasteiger partial charge on any atom is 0.255 e. The highest BCUT2D eigenvalue weighted by atomic mass is 16.2. The van der Waals surface area contributed by atoms with Gasteiger partial charge in [0.05, 0.1) is 0 Å². The van der Waals surface area contributed by atoms with Crippen LogP contribution >= 0.6 is 0 Å². The van der Waals surface area contributed by atoms with E-state index >= 15 is 0 Å². The molecular weight excluding hydrogens is 312 g/mol. The van der Waals surface area contributed by atoms with Gasteiger partial charge in [-0.1, -0.05) is 37.6 Å². The molecule has 0 aliphatic carbocycles. The topological polar surface area (TPSA) is 49.4 Å². The minimum Gasteiger partial charge on any atom is -0.338 e. The predicted octanol–water partition coefficient (Wildman–Crippen LogP) is 3.79. The molecule has 0 unspecified atom stereocenters. The third-order valence-electron chi connectivity index (χ3n) is 4.60. The number of hydrogen-bond acceptors (Lipinski definition) is 2. The molecular formula is C21H24N2O2. The number of rotatable bonds is 3. The molecule has 2 aromatic rings. The van der Waals surface area contributed by atoms with Gasteiger partial charge in [0.2, 0.25) is 5.91 Å². The summed E-state index contributed by atoms with van der Waals surface area (Å²) in [7, 11) is 0. The average molecular weight is 336 g/mol.